The number of phenolic OH excluding ortho intramolecular Hbond substituents is 2. The number of para-hydroxylation sites is 1. The zero-order valence-electron chi connectivity index (χ0n) is 14.6. The summed E-state index contributed by atoms with van der Waals surface area (Å²) in [5, 5.41) is 19.0. The second-order valence-corrected chi connectivity index (χ2v) is 6.70. The van der Waals surface area contributed by atoms with Crippen molar-refractivity contribution >= 4 is 29.0 Å². The Kier molecular flexibility index (Phi) is 5.27. The molecule has 2 N–H and O–H groups in total. The molecule has 0 bridgehead atoms. The molecule has 0 saturated carbocycles. The molecule has 2 aromatic carbocycles. The first-order valence-corrected chi connectivity index (χ1v) is 8.73. The highest BCUT2D eigenvalue weighted by molar-refractivity contribution is 8.18. The minimum atomic E-state index is -0.477. The number of hydrogen-bond donors (Lipinski definition) is 2. The van der Waals surface area contributed by atoms with Crippen LogP contribution in [-0.2, 0) is 11.3 Å². The Hall–Kier alpha value is -3.13. The normalized spacial score (nSPS) is 15.5. The molecule has 1 saturated heterocycles. The molecule has 1 fully saturated rings. The molecule has 27 heavy (non-hydrogen) atoms. The number of phenols is 2. The molecule has 2 amide bonds. The molecule has 1 aliphatic rings. The average molecular weight is 387 g/mol. The van der Waals surface area contributed by atoms with Crippen molar-refractivity contribution in [1.82, 2.24) is 4.90 Å². The van der Waals surface area contributed by atoms with Gasteiger partial charge in [-0.1, -0.05) is 12.1 Å². The van der Waals surface area contributed by atoms with Gasteiger partial charge in [0.15, 0.2) is 11.5 Å². The standard InChI is InChI=1S/C19H17NO6S/c1-25-13-6-11(7-14(9-13)26-2)10-20-18(23)16(27-19(20)24)8-12-4-3-5-15(21)17(12)22/h3-9,21-22H,10H2,1-2H3. The number of methoxy groups -OCH3 is 2. The van der Waals surface area contributed by atoms with Crippen LogP contribution in [0.1, 0.15) is 11.1 Å². The zero-order valence-corrected chi connectivity index (χ0v) is 15.4. The lowest BCUT2D eigenvalue weighted by molar-refractivity contribution is -0.123. The molecule has 140 valence electrons. The number of imide groups is 1. The Morgan fingerprint density at radius 1 is 1.07 bits per heavy atom. The van der Waals surface area contributed by atoms with Gasteiger partial charge in [-0.3, -0.25) is 14.5 Å². The molecule has 0 radical (unpaired) electrons. The average Bonchev–Trinajstić information content (AvgIpc) is 2.92. The summed E-state index contributed by atoms with van der Waals surface area (Å²) < 4.78 is 10.4. The predicted octanol–water partition coefficient (Wildman–Crippen LogP) is 3.35. The third-order valence-corrected chi connectivity index (χ3v) is 4.87. The topological polar surface area (TPSA) is 96.3 Å². The van der Waals surface area contributed by atoms with E-state index >= 15 is 0 Å². The molecular weight excluding hydrogens is 370 g/mol. The van der Waals surface area contributed by atoms with E-state index in [0.29, 0.717) is 17.1 Å². The smallest absolute Gasteiger partial charge is 0.293 e. The van der Waals surface area contributed by atoms with Crippen LogP contribution in [-0.4, -0.2) is 40.5 Å². The Morgan fingerprint density at radius 3 is 2.37 bits per heavy atom. The summed E-state index contributed by atoms with van der Waals surface area (Å²) in [6.45, 7) is 0.0571. The van der Waals surface area contributed by atoms with Gasteiger partial charge in [0.1, 0.15) is 11.5 Å². The van der Waals surface area contributed by atoms with Crippen molar-refractivity contribution in [3.8, 4) is 23.0 Å². The van der Waals surface area contributed by atoms with Gasteiger partial charge in [-0.2, -0.15) is 0 Å². The third kappa shape index (κ3) is 3.85. The van der Waals surface area contributed by atoms with Crippen LogP contribution in [0.3, 0.4) is 0 Å². The second-order valence-electron chi connectivity index (χ2n) is 5.70. The van der Waals surface area contributed by atoms with Crippen molar-refractivity contribution in [1.29, 1.82) is 0 Å². The zero-order chi connectivity index (χ0) is 19.6. The van der Waals surface area contributed by atoms with Gasteiger partial charge in [0, 0.05) is 11.6 Å². The lowest BCUT2D eigenvalue weighted by Gasteiger charge is -2.14. The van der Waals surface area contributed by atoms with E-state index in [1.54, 1.807) is 18.2 Å². The van der Waals surface area contributed by atoms with Gasteiger partial charge in [-0.05, 0) is 41.6 Å². The minimum Gasteiger partial charge on any atom is -0.504 e. The summed E-state index contributed by atoms with van der Waals surface area (Å²) in [7, 11) is 3.03. The number of rotatable bonds is 5. The fourth-order valence-electron chi connectivity index (χ4n) is 2.58. The first-order chi connectivity index (χ1) is 12.9. The number of carbonyl (C=O) groups is 2. The van der Waals surface area contributed by atoms with Crippen molar-refractivity contribution in [2.45, 2.75) is 6.54 Å². The lowest BCUT2D eigenvalue weighted by Crippen LogP contribution is -2.27. The summed E-state index contributed by atoms with van der Waals surface area (Å²) in [6, 6.07) is 9.53. The van der Waals surface area contributed by atoms with Gasteiger partial charge >= 0.3 is 0 Å². The quantitative estimate of drug-likeness (QED) is 0.600. The third-order valence-electron chi connectivity index (χ3n) is 3.96. The van der Waals surface area contributed by atoms with Gasteiger partial charge in [0.2, 0.25) is 0 Å². The van der Waals surface area contributed by atoms with Crippen LogP contribution in [0.25, 0.3) is 6.08 Å². The molecule has 3 rings (SSSR count). The minimum absolute atomic E-state index is 0.0571. The van der Waals surface area contributed by atoms with Crippen LogP contribution in [0, 0.1) is 0 Å². The van der Waals surface area contributed by atoms with E-state index in [1.807, 2.05) is 0 Å². The summed E-state index contributed by atoms with van der Waals surface area (Å²) in [5.41, 5.74) is 0.929. The number of hydrogen-bond acceptors (Lipinski definition) is 7. The van der Waals surface area contributed by atoms with Crippen LogP contribution < -0.4 is 9.47 Å². The van der Waals surface area contributed by atoms with Crippen LogP contribution in [0.15, 0.2) is 41.3 Å². The molecule has 0 atom stereocenters. The number of amides is 2. The molecule has 1 aliphatic heterocycles. The molecule has 0 aromatic heterocycles. The van der Waals surface area contributed by atoms with Crippen molar-refractivity contribution in [2.24, 2.45) is 0 Å². The van der Waals surface area contributed by atoms with Gasteiger partial charge < -0.3 is 19.7 Å². The summed E-state index contributed by atoms with van der Waals surface area (Å²) >= 11 is 0.774. The van der Waals surface area contributed by atoms with Crippen molar-refractivity contribution in [2.75, 3.05) is 14.2 Å². The maximum atomic E-state index is 12.6. The number of benzene rings is 2. The summed E-state index contributed by atoms with van der Waals surface area (Å²) in [4.78, 5) is 26.2. The van der Waals surface area contributed by atoms with Crippen molar-refractivity contribution in [3.63, 3.8) is 0 Å². The molecule has 2 aromatic rings. The van der Waals surface area contributed by atoms with Crippen LogP contribution in [0.5, 0.6) is 23.0 Å². The number of nitrogens with zero attached hydrogens (tertiary/aromatic N) is 1. The lowest BCUT2D eigenvalue weighted by atomic mass is 10.1. The summed E-state index contributed by atoms with van der Waals surface area (Å²) in [6.07, 6.45) is 1.38. The number of ether oxygens (including phenoxy) is 2. The van der Waals surface area contributed by atoms with E-state index in [1.165, 1.54) is 38.5 Å². The van der Waals surface area contributed by atoms with Gasteiger partial charge in [0.25, 0.3) is 11.1 Å². The van der Waals surface area contributed by atoms with Gasteiger partial charge in [-0.15, -0.1) is 0 Å². The SMILES string of the molecule is COc1cc(CN2C(=O)SC(=Cc3cccc(O)c3O)C2=O)cc(OC)c1. The monoisotopic (exact) mass is 387 g/mol. The largest absolute Gasteiger partial charge is 0.504 e. The molecule has 0 aliphatic carbocycles. The molecule has 8 heteroatoms. The van der Waals surface area contributed by atoms with Gasteiger partial charge in [0.05, 0.1) is 25.7 Å². The maximum absolute atomic E-state index is 12.6. The Morgan fingerprint density at radius 2 is 1.74 bits per heavy atom. The van der Waals surface area contributed by atoms with E-state index in [0.717, 1.165) is 16.7 Å². The highest BCUT2D eigenvalue weighted by atomic mass is 32.2. The first-order valence-electron chi connectivity index (χ1n) is 7.91. The van der Waals surface area contributed by atoms with E-state index in [9.17, 15) is 19.8 Å². The molecular formula is C19H17NO6S. The Balaban J connectivity index is 1.87. The number of thioether (sulfide) groups is 1. The van der Waals surface area contributed by atoms with Crippen molar-refractivity contribution < 1.29 is 29.3 Å². The Bertz CT molecular complexity index is 918. The Labute approximate surface area is 159 Å². The fourth-order valence-corrected chi connectivity index (χ4v) is 3.41. The van der Waals surface area contributed by atoms with E-state index in [-0.39, 0.29) is 28.5 Å². The highest BCUT2D eigenvalue weighted by Crippen LogP contribution is 2.37. The second kappa shape index (κ2) is 7.63. The van der Waals surface area contributed by atoms with Crippen molar-refractivity contribution in [3.05, 3.63) is 52.4 Å². The number of aromatic hydroxyl groups is 2. The first kappa shape index (κ1) is 18.7. The summed E-state index contributed by atoms with van der Waals surface area (Å²) in [5.74, 6) is -0.0177. The van der Waals surface area contributed by atoms with Crippen LogP contribution >= 0.6 is 11.8 Å². The molecule has 0 unspecified atom stereocenters. The van der Waals surface area contributed by atoms with E-state index < -0.39 is 11.1 Å². The molecule has 0 spiro atoms. The highest BCUT2D eigenvalue weighted by Gasteiger charge is 2.35. The maximum Gasteiger partial charge on any atom is 0.293 e. The van der Waals surface area contributed by atoms with E-state index in [4.69, 9.17) is 9.47 Å². The van der Waals surface area contributed by atoms with Crippen LogP contribution in [0.4, 0.5) is 4.79 Å². The fraction of sp³-hybridized carbons (Fsp3) is 0.158. The predicted molar refractivity (Wildman–Crippen MR) is 101 cm³/mol. The number of carbonyl (C=O) groups excluding carboxylic acids is 2. The van der Waals surface area contributed by atoms with Gasteiger partial charge in [-0.25, -0.2) is 0 Å². The molecule has 1 heterocycles. The van der Waals surface area contributed by atoms with E-state index in [2.05, 4.69) is 0 Å². The van der Waals surface area contributed by atoms with Crippen LogP contribution in [0.2, 0.25) is 0 Å². The molecule has 7 nitrogen and oxygen atoms in total.